The number of carbonyl (C=O) groups is 1. The molecule has 0 N–H and O–H groups in total. The highest BCUT2D eigenvalue weighted by atomic mass is 35.5. The van der Waals surface area contributed by atoms with Crippen LogP contribution in [0.1, 0.15) is 35.2 Å². The second-order valence-electron chi connectivity index (χ2n) is 9.62. The maximum atomic E-state index is 14.1. The first-order chi connectivity index (χ1) is 18.1. The van der Waals surface area contributed by atoms with Gasteiger partial charge in [0.25, 0.3) is 0 Å². The molecule has 38 heavy (non-hydrogen) atoms. The van der Waals surface area contributed by atoms with Crippen LogP contribution in [0.4, 0.5) is 4.39 Å². The summed E-state index contributed by atoms with van der Waals surface area (Å²) >= 11 is 6.35. The second kappa shape index (κ2) is 10.4. The van der Waals surface area contributed by atoms with Crippen LogP contribution in [0.25, 0.3) is 0 Å². The monoisotopic (exact) mass is 557 g/mol. The van der Waals surface area contributed by atoms with Crippen molar-refractivity contribution in [2.24, 2.45) is 0 Å². The molecule has 1 amide bonds. The quantitative estimate of drug-likeness (QED) is 0.391. The van der Waals surface area contributed by atoms with Crippen molar-refractivity contribution in [2.45, 2.75) is 44.6 Å². The number of piperazine rings is 1. The third-order valence-electron chi connectivity index (χ3n) is 6.95. The van der Waals surface area contributed by atoms with Gasteiger partial charge in [-0.3, -0.25) is 9.69 Å². The van der Waals surface area contributed by atoms with E-state index in [0.29, 0.717) is 35.8 Å². The Morgan fingerprint density at radius 1 is 1.18 bits per heavy atom. The normalized spacial score (nSPS) is 19.5. The molecule has 2 fully saturated rings. The molecule has 3 aromatic rings. The lowest BCUT2D eigenvalue weighted by Gasteiger charge is -2.40. The number of halogens is 2. The van der Waals surface area contributed by atoms with Gasteiger partial charge in [-0.15, -0.1) is 0 Å². The summed E-state index contributed by atoms with van der Waals surface area (Å²) in [5.74, 6) is -0.416. The van der Waals surface area contributed by atoms with Crippen LogP contribution in [0.15, 0.2) is 48.9 Å². The minimum Gasteiger partial charge on any atom is -0.383 e. The van der Waals surface area contributed by atoms with Gasteiger partial charge in [0.2, 0.25) is 5.91 Å². The number of nitriles is 1. The average molecular weight is 558 g/mol. The van der Waals surface area contributed by atoms with E-state index in [-0.39, 0.29) is 35.8 Å². The van der Waals surface area contributed by atoms with Crippen molar-refractivity contribution < 1.29 is 21.8 Å². The van der Waals surface area contributed by atoms with Crippen LogP contribution in [0, 0.1) is 17.1 Å². The van der Waals surface area contributed by atoms with Crippen molar-refractivity contribution >= 4 is 27.6 Å². The fourth-order valence-electron chi connectivity index (χ4n) is 5.19. The molecular weight excluding hydrogens is 533 g/mol. The van der Waals surface area contributed by atoms with Gasteiger partial charge in [-0.05, 0) is 54.3 Å². The van der Waals surface area contributed by atoms with Gasteiger partial charge in [0.15, 0.2) is 0 Å². The van der Waals surface area contributed by atoms with Gasteiger partial charge < -0.3 is 13.7 Å². The zero-order valence-electron chi connectivity index (χ0n) is 20.5. The third kappa shape index (κ3) is 5.53. The molecule has 2 aliphatic rings. The molecule has 2 bridgehead atoms. The minimum atomic E-state index is -3.69. The number of hydrogen-bond donors (Lipinski definition) is 0. The van der Waals surface area contributed by atoms with Crippen LogP contribution in [0.5, 0.6) is 5.75 Å². The zero-order chi connectivity index (χ0) is 27.0. The molecule has 3 heterocycles. The van der Waals surface area contributed by atoms with E-state index >= 15 is 0 Å². The Morgan fingerprint density at radius 2 is 2.00 bits per heavy atom. The summed E-state index contributed by atoms with van der Waals surface area (Å²) in [5, 5.41) is 9.39. The van der Waals surface area contributed by atoms with E-state index in [1.54, 1.807) is 35.6 Å². The summed E-state index contributed by atoms with van der Waals surface area (Å²) in [4.78, 5) is 21.7. The largest absolute Gasteiger partial charge is 0.383 e. The lowest BCUT2D eigenvalue weighted by Crippen LogP contribution is -2.56. The van der Waals surface area contributed by atoms with Crippen LogP contribution in [0.2, 0.25) is 5.02 Å². The lowest BCUT2D eigenvalue weighted by atomic mass is 10.1. The molecule has 5 rings (SSSR count). The zero-order valence-corrected chi connectivity index (χ0v) is 22.1. The highest BCUT2D eigenvalue weighted by molar-refractivity contribution is 7.86. The number of likely N-dealkylation sites (tertiary alicyclic amines) is 1. The van der Waals surface area contributed by atoms with E-state index in [2.05, 4.69) is 9.88 Å². The van der Waals surface area contributed by atoms with Gasteiger partial charge >= 0.3 is 10.1 Å². The molecule has 2 aliphatic heterocycles. The van der Waals surface area contributed by atoms with Crippen LogP contribution in [-0.2, 0) is 34.5 Å². The molecule has 2 saturated heterocycles. The van der Waals surface area contributed by atoms with Gasteiger partial charge in [0.05, 0.1) is 29.9 Å². The molecule has 0 saturated carbocycles. The Morgan fingerprint density at radius 3 is 2.74 bits per heavy atom. The lowest BCUT2D eigenvalue weighted by molar-refractivity contribution is -0.142. The molecule has 0 radical (unpaired) electrons. The maximum Gasteiger partial charge on any atom is 0.306 e. The number of fused-ring (bicyclic) bond motifs is 2. The fourth-order valence-corrected chi connectivity index (χ4v) is 5.82. The SMILES string of the molecule is CS(=O)(=O)Oc1ccc(Cl)c(CN2C[C@@H]3CC[C@H](C2=O)N3Cc2cncn2Cc2ccc(C#N)c(F)c2)c1. The summed E-state index contributed by atoms with van der Waals surface area (Å²) in [7, 11) is -3.69. The van der Waals surface area contributed by atoms with Gasteiger partial charge in [0, 0.05) is 43.4 Å². The number of carbonyl (C=O) groups excluding carboxylic acids is 1. The van der Waals surface area contributed by atoms with Gasteiger partial charge in [-0.25, -0.2) is 9.37 Å². The van der Waals surface area contributed by atoms with Crippen LogP contribution < -0.4 is 4.18 Å². The Labute approximate surface area is 225 Å². The molecule has 1 aromatic heterocycles. The van der Waals surface area contributed by atoms with Gasteiger partial charge in [0.1, 0.15) is 17.6 Å². The number of hydrogen-bond acceptors (Lipinski definition) is 7. The van der Waals surface area contributed by atoms with E-state index in [1.807, 2.05) is 10.6 Å². The number of imidazole rings is 1. The van der Waals surface area contributed by atoms with Crippen LogP contribution in [0.3, 0.4) is 0 Å². The van der Waals surface area contributed by atoms with Crippen LogP contribution in [-0.4, -0.2) is 58.6 Å². The predicted octanol–water partition coefficient (Wildman–Crippen LogP) is 3.31. The minimum absolute atomic E-state index is 0.00324. The Bertz CT molecular complexity index is 1540. The molecule has 198 valence electrons. The summed E-state index contributed by atoms with van der Waals surface area (Å²) in [6, 6.07) is 10.8. The molecule has 9 nitrogen and oxygen atoms in total. The molecule has 0 unspecified atom stereocenters. The van der Waals surface area contributed by atoms with Crippen molar-refractivity contribution in [3.05, 3.63) is 82.1 Å². The van der Waals surface area contributed by atoms with E-state index in [0.717, 1.165) is 24.8 Å². The molecule has 12 heteroatoms. The van der Waals surface area contributed by atoms with Gasteiger partial charge in [-0.2, -0.15) is 13.7 Å². The standard InChI is InChI=1S/C26H25ClFN5O4S/c1-38(35,36)37-22-5-6-23(27)19(9-22)13-31-14-20-4-7-25(26(31)34)33(20)15-21-11-30-16-32(21)12-17-2-3-18(10-29)24(28)8-17/h2-3,5-6,8-9,11,16,20,25H,4,7,12-15H2,1H3/t20-,25+/m0/s1. The molecule has 0 aliphatic carbocycles. The second-order valence-corrected chi connectivity index (χ2v) is 11.6. The first-order valence-corrected chi connectivity index (χ1v) is 14.2. The molecule has 2 atom stereocenters. The summed E-state index contributed by atoms with van der Waals surface area (Å²) in [6.07, 6.45) is 6.01. The summed E-state index contributed by atoms with van der Waals surface area (Å²) < 4.78 is 44.0. The Balaban J connectivity index is 1.28. The maximum absolute atomic E-state index is 14.1. The van der Waals surface area contributed by atoms with E-state index in [9.17, 15) is 17.6 Å². The number of amides is 1. The molecule has 0 spiro atoms. The van der Waals surface area contributed by atoms with E-state index in [4.69, 9.17) is 21.0 Å². The molecular formula is C26H25ClFN5O4S. The molecule has 2 aromatic carbocycles. The van der Waals surface area contributed by atoms with Crippen molar-refractivity contribution in [1.82, 2.24) is 19.4 Å². The van der Waals surface area contributed by atoms with E-state index in [1.165, 1.54) is 18.2 Å². The summed E-state index contributed by atoms with van der Waals surface area (Å²) in [5.41, 5.74) is 2.23. The summed E-state index contributed by atoms with van der Waals surface area (Å²) in [6.45, 7) is 1.68. The van der Waals surface area contributed by atoms with Crippen molar-refractivity contribution in [3.63, 3.8) is 0 Å². The Kier molecular flexibility index (Phi) is 7.13. The highest BCUT2D eigenvalue weighted by Gasteiger charge is 2.45. The fraction of sp³-hybridized carbons (Fsp3) is 0.346. The van der Waals surface area contributed by atoms with Crippen LogP contribution >= 0.6 is 11.6 Å². The van der Waals surface area contributed by atoms with Crippen molar-refractivity contribution in [3.8, 4) is 11.8 Å². The topological polar surface area (TPSA) is 109 Å². The first kappa shape index (κ1) is 26.2. The number of nitrogens with zero attached hydrogens (tertiary/aromatic N) is 5. The van der Waals surface area contributed by atoms with Crippen molar-refractivity contribution in [2.75, 3.05) is 12.8 Å². The smallest absolute Gasteiger partial charge is 0.306 e. The number of aromatic nitrogens is 2. The number of benzene rings is 2. The van der Waals surface area contributed by atoms with E-state index < -0.39 is 15.9 Å². The first-order valence-electron chi connectivity index (χ1n) is 12.0. The number of rotatable bonds is 8. The highest BCUT2D eigenvalue weighted by Crippen LogP contribution is 2.34. The third-order valence-corrected chi connectivity index (χ3v) is 7.81. The Hall–Kier alpha value is -3.46. The van der Waals surface area contributed by atoms with Gasteiger partial charge in [-0.1, -0.05) is 17.7 Å². The average Bonchev–Trinajstić information content (AvgIpc) is 3.42. The predicted molar refractivity (Wildman–Crippen MR) is 137 cm³/mol. The van der Waals surface area contributed by atoms with Crippen molar-refractivity contribution in [1.29, 1.82) is 5.26 Å².